The Balaban J connectivity index is 2.68. The van der Waals surface area contributed by atoms with Gasteiger partial charge in [-0.15, -0.1) is 10.2 Å². The lowest BCUT2D eigenvalue weighted by Gasteiger charge is -2.12. The summed E-state index contributed by atoms with van der Waals surface area (Å²) in [4.78, 5) is 0. The second-order valence-electron chi connectivity index (χ2n) is 4.60. The number of hydrogen-bond acceptors (Lipinski definition) is 4. The fourth-order valence-electron chi connectivity index (χ4n) is 1.45. The Bertz CT molecular complexity index is 320. The van der Waals surface area contributed by atoms with Crippen molar-refractivity contribution >= 4 is 11.8 Å². The normalized spacial score (nSPS) is 11.7. The van der Waals surface area contributed by atoms with Crippen LogP contribution in [0.4, 0.5) is 0 Å². The van der Waals surface area contributed by atoms with Crippen LogP contribution in [-0.2, 0) is 6.54 Å². The number of aromatic nitrogens is 3. The third kappa shape index (κ3) is 3.49. The summed E-state index contributed by atoms with van der Waals surface area (Å²) >= 11 is 1.77. The molecule has 0 bridgehead atoms. The lowest BCUT2D eigenvalue weighted by Crippen LogP contribution is -2.11. The summed E-state index contributed by atoms with van der Waals surface area (Å²) in [6, 6.07) is 0.370. The van der Waals surface area contributed by atoms with Crippen LogP contribution in [0.25, 0.3) is 0 Å². The van der Waals surface area contributed by atoms with Gasteiger partial charge in [-0.05, 0) is 26.2 Å². The van der Waals surface area contributed by atoms with Gasteiger partial charge in [0.05, 0.1) is 6.54 Å². The van der Waals surface area contributed by atoms with Crippen LogP contribution in [0.3, 0.4) is 0 Å². The summed E-state index contributed by atoms with van der Waals surface area (Å²) in [6.45, 7) is 9.19. The van der Waals surface area contributed by atoms with Gasteiger partial charge < -0.3 is 10.3 Å². The summed E-state index contributed by atoms with van der Waals surface area (Å²) in [6.07, 6.45) is 1.20. The Labute approximate surface area is 102 Å². The van der Waals surface area contributed by atoms with Crippen LogP contribution < -0.4 is 5.73 Å². The zero-order chi connectivity index (χ0) is 12.1. The standard InChI is InChI=1S/C11H22N4S/c1-8(2)5-6-16-11-14-13-10(7-12)15(11)9(3)4/h8-9H,5-7,12H2,1-4H3. The van der Waals surface area contributed by atoms with Crippen molar-refractivity contribution in [1.29, 1.82) is 0 Å². The molecule has 0 saturated carbocycles. The lowest BCUT2D eigenvalue weighted by atomic mass is 10.2. The van der Waals surface area contributed by atoms with E-state index in [9.17, 15) is 0 Å². The highest BCUT2D eigenvalue weighted by Crippen LogP contribution is 2.22. The Morgan fingerprint density at radius 2 is 1.94 bits per heavy atom. The number of hydrogen-bond donors (Lipinski definition) is 1. The Kier molecular flexibility index (Phi) is 5.28. The van der Waals surface area contributed by atoms with E-state index < -0.39 is 0 Å². The fraction of sp³-hybridized carbons (Fsp3) is 0.818. The van der Waals surface area contributed by atoms with Crippen molar-refractivity contribution < 1.29 is 0 Å². The quantitative estimate of drug-likeness (QED) is 0.779. The SMILES string of the molecule is CC(C)CCSc1nnc(CN)n1C(C)C. The van der Waals surface area contributed by atoms with E-state index in [-0.39, 0.29) is 0 Å². The molecule has 0 amide bonds. The molecule has 1 heterocycles. The summed E-state index contributed by atoms with van der Waals surface area (Å²) in [7, 11) is 0. The third-order valence-electron chi connectivity index (χ3n) is 2.36. The predicted molar refractivity (Wildman–Crippen MR) is 68.5 cm³/mol. The molecule has 0 radical (unpaired) electrons. The lowest BCUT2D eigenvalue weighted by molar-refractivity contribution is 0.525. The molecule has 4 nitrogen and oxygen atoms in total. The average molecular weight is 242 g/mol. The van der Waals surface area contributed by atoms with Gasteiger partial charge >= 0.3 is 0 Å². The van der Waals surface area contributed by atoms with Crippen LogP contribution in [-0.4, -0.2) is 20.5 Å². The fourth-order valence-corrected chi connectivity index (χ4v) is 2.78. The van der Waals surface area contributed by atoms with Crippen LogP contribution in [0.2, 0.25) is 0 Å². The maximum atomic E-state index is 5.65. The van der Waals surface area contributed by atoms with E-state index in [0.717, 1.165) is 22.7 Å². The first-order valence-electron chi connectivity index (χ1n) is 5.82. The molecule has 0 atom stereocenters. The third-order valence-corrected chi connectivity index (χ3v) is 3.34. The summed E-state index contributed by atoms with van der Waals surface area (Å²) in [5, 5.41) is 9.32. The zero-order valence-corrected chi connectivity index (χ0v) is 11.4. The van der Waals surface area contributed by atoms with E-state index >= 15 is 0 Å². The molecule has 0 fully saturated rings. The van der Waals surface area contributed by atoms with Gasteiger partial charge in [0.15, 0.2) is 5.16 Å². The molecule has 0 aliphatic rings. The van der Waals surface area contributed by atoms with E-state index in [0.29, 0.717) is 12.6 Å². The Morgan fingerprint density at radius 3 is 2.44 bits per heavy atom. The summed E-state index contributed by atoms with van der Waals surface area (Å²) in [5.41, 5.74) is 5.65. The van der Waals surface area contributed by atoms with Crippen LogP contribution in [0, 0.1) is 5.92 Å². The highest BCUT2D eigenvalue weighted by atomic mass is 32.2. The highest BCUT2D eigenvalue weighted by molar-refractivity contribution is 7.99. The first-order chi connectivity index (χ1) is 7.56. The van der Waals surface area contributed by atoms with Crippen molar-refractivity contribution in [2.24, 2.45) is 11.7 Å². The second-order valence-corrected chi connectivity index (χ2v) is 5.66. The van der Waals surface area contributed by atoms with Gasteiger partial charge in [-0.1, -0.05) is 25.6 Å². The molecule has 92 valence electrons. The molecule has 0 aliphatic carbocycles. The molecule has 0 aromatic carbocycles. The van der Waals surface area contributed by atoms with Gasteiger partial charge in [-0.3, -0.25) is 0 Å². The van der Waals surface area contributed by atoms with Gasteiger partial charge in [-0.2, -0.15) is 0 Å². The summed E-state index contributed by atoms with van der Waals surface area (Å²) in [5.74, 6) is 2.70. The highest BCUT2D eigenvalue weighted by Gasteiger charge is 2.13. The van der Waals surface area contributed by atoms with Gasteiger partial charge in [0.2, 0.25) is 0 Å². The maximum Gasteiger partial charge on any atom is 0.191 e. The molecule has 0 unspecified atom stereocenters. The second kappa shape index (κ2) is 6.25. The molecule has 0 spiro atoms. The molecule has 0 aliphatic heterocycles. The zero-order valence-electron chi connectivity index (χ0n) is 10.6. The van der Waals surface area contributed by atoms with Crippen LogP contribution in [0.15, 0.2) is 5.16 Å². The largest absolute Gasteiger partial charge is 0.324 e. The Hall–Kier alpha value is -0.550. The first-order valence-corrected chi connectivity index (χ1v) is 6.81. The van der Waals surface area contributed by atoms with E-state index in [2.05, 4.69) is 42.5 Å². The van der Waals surface area contributed by atoms with Crippen molar-refractivity contribution in [1.82, 2.24) is 14.8 Å². The number of nitrogens with zero attached hydrogens (tertiary/aromatic N) is 3. The first kappa shape index (κ1) is 13.5. The van der Waals surface area contributed by atoms with E-state index in [1.54, 1.807) is 11.8 Å². The molecule has 0 saturated heterocycles. The maximum absolute atomic E-state index is 5.65. The summed E-state index contributed by atoms with van der Waals surface area (Å²) < 4.78 is 2.13. The smallest absolute Gasteiger partial charge is 0.191 e. The van der Waals surface area contributed by atoms with E-state index in [1.165, 1.54) is 6.42 Å². The van der Waals surface area contributed by atoms with Crippen molar-refractivity contribution in [3.63, 3.8) is 0 Å². The minimum Gasteiger partial charge on any atom is -0.324 e. The molecule has 1 aromatic rings. The van der Waals surface area contributed by atoms with Crippen molar-refractivity contribution in [2.45, 2.75) is 51.9 Å². The van der Waals surface area contributed by atoms with Crippen LogP contribution in [0.5, 0.6) is 0 Å². The molecular formula is C11H22N4S. The number of nitrogens with two attached hydrogens (primary N) is 1. The molecule has 1 rings (SSSR count). The minimum absolute atomic E-state index is 0.370. The van der Waals surface area contributed by atoms with E-state index in [4.69, 9.17) is 5.73 Å². The molecular weight excluding hydrogens is 220 g/mol. The number of rotatable bonds is 6. The van der Waals surface area contributed by atoms with Crippen molar-refractivity contribution in [3.05, 3.63) is 5.82 Å². The van der Waals surface area contributed by atoms with Crippen LogP contribution >= 0.6 is 11.8 Å². The topological polar surface area (TPSA) is 56.7 Å². The molecule has 5 heteroatoms. The van der Waals surface area contributed by atoms with Gasteiger partial charge in [0.1, 0.15) is 5.82 Å². The van der Waals surface area contributed by atoms with E-state index in [1.807, 2.05) is 0 Å². The minimum atomic E-state index is 0.370. The van der Waals surface area contributed by atoms with Gasteiger partial charge in [0.25, 0.3) is 0 Å². The van der Waals surface area contributed by atoms with Gasteiger partial charge in [0, 0.05) is 11.8 Å². The average Bonchev–Trinajstić information content (AvgIpc) is 2.60. The van der Waals surface area contributed by atoms with Crippen molar-refractivity contribution in [3.8, 4) is 0 Å². The Morgan fingerprint density at radius 1 is 1.25 bits per heavy atom. The van der Waals surface area contributed by atoms with Gasteiger partial charge in [-0.25, -0.2) is 0 Å². The van der Waals surface area contributed by atoms with Crippen molar-refractivity contribution in [2.75, 3.05) is 5.75 Å². The predicted octanol–water partition coefficient (Wildman–Crippen LogP) is 2.46. The monoisotopic (exact) mass is 242 g/mol. The molecule has 16 heavy (non-hydrogen) atoms. The molecule has 2 N–H and O–H groups in total. The molecule has 1 aromatic heterocycles. The van der Waals surface area contributed by atoms with Crippen LogP contribution in [0.1, 0.15) is 46.0 Å². The number of thioether (sulfide) groups is 1.